The lowest BCUT2D eigenvalue weighted by Crippen LogP contribution is -2.11. The average Bonchev–Trinajstić information content (AvgIpc) is 3.27. The molecule has 0 fully saturated rings. The molecule has 2 heterocycles. The Morgan fingerprint density at radius 1 is 0.742 bits per heavy atom. The molecule has 5 rings (SSSR count). The second-order valence-corrected chi connectivity index (χ2v) is 7.60. The van der Waals surface area contributed by atoms with E-state index in [9.17, 15) is 9.59 Å². The van der Waals surface area contributed by atoms with E-state index in [1.54, 1.807) is 12.1 Å². The summed E-state index contributed by atoms with van der Waals surface area (Å²) in [7, 11) is 0. The third-order valence-electron chi connectivity index (χ3n) is 5.53. The van der Waals surface area contributed by atoms with Gasteiger partial charge in [0.05, 0.1) is 11.1 Å². The molecule has 0 atom stereocenters. The molecule has 2 aliphatic heterocycles. The minimum atomic E-state index is -0.405. The molecule has 0 saturated carbocycles. The average molecular weight is 411 g/mol. The molecule has 2 aliphatic rings. The van der Waals surface area contributed by atoms with E-state index in [-0.39, 0.29) is 0 Å². The molecule has 5 nitrogen and oxygen atoms in total. The van der Waals surface area contributed by atoms with Crippen molar-refractivity contribution < 1.29 is 19.1 Å². The van der Waals surface area contributed by atoms with Gasteiger partial charge in [0.2, 0.25) is 0 Å². The van der Waals surface area contributed by atoms with E-state index in [1.807, 2.05) is 54.6 Å². The first-order chi connectivity index (χ1) is 15.2. The Labute approximate surface area is 179 Å². The summed E-state index contributed by atoms with van der Waals surface area (Å²) < 4.78 is 11.1. The molecule has 5 heteroatoms. The normalized spacial score (nSPS) is 14.2. The van der Waals surface area contributed by atoms with E-state index in [0.29, 0.717) is 33.1 Å². The number of nitrogens with one attached hydrogen (secondary N) is 1. The highest BCUT2D eigenvalue weighted by Gasteiger charge is 2.30. The Bertz CT molecular complexity index is 1310. The van der Waals surface area contributed by atoms with Gasteiger partial charge >= 0.3 is 11.9 Å². The van der Waals surface area contributed by atoms with Crippen molar-refractivity contribution in [2.75, 3.05) is 11.9 Å². The number of carbonyl (C=O) groups is 2. The van der Waals surface area contributed by atoms with Crippen molar-refractivity contribution in [3.63, 3.8) is 0 Å². The van der Waals surface area contributed by atoms with Crippen LogP contribution < -0.4 is 25.2 Å². The highest BCUT2D eigenvalue weighted by Crippen LogP contribution is 2.27. The quantitative estimate of drug-likeness (QED) is 0.384. The molecule has 3 aromatic rings. The van der Waals surface area contributed by atoms with E-state index < -0.39 is 11.9 Å². The highest BCUT2D eigenvalue weighted by atomic mass is 16.5. The number of ether oxygens (including phenoxy) is 2. The molecule has 31 heavy (non-hydrogen) atoms. The summed E-state index contributed by atoms with van der Waals surface area (Å²) >= 11 is 0. The van der Waals surface area contributed by atoms with Crippen LogP contribution in [0.2, 0.25) is 0 Å². The smallest absolute Gasteiger partial charge is 0.344 e. The van der Waals surface area contributed by atoms with Gasteiger partial charge in [-0.15, -0.1) is 0 Å². The summed E-state index contributed by atoms with van der Waals surface area (Å²) in [6.07, 6.45) is 2.23. The molecule has 0 bridgehead atoms. The Morgan fingerprint density at radius 2 is 1.29 bits per heavy atom. The van der Waals surface area contributed by atoms with Crippen LogP contribution in [0.25, 0.3) is 11.1 Å². The number of rotatable bonds is 6. The number of esters is 2. The summed E-state index contributed by atoms with van der Waals surface area (Å²) in [5.74, 6) is 0.0742. The van der Waals surface area contributed by atoms with Gasteiger partial charge in [-0.05, 0) is 41.8 Å². The van der Waals surface area contributed by atoms with E-state index in [4.69, 9.17) is 9.47 Å². The van der Waals surface area contributed by atoms with Crippen molar-refractivity contribution >= 4 is 28.8 Å². The van der Waals surface area contributed by atoms with Crippen molar-refractivity contribution in [1.82, 2.24) is 0 Å². The zero-order valence-corrected chi connectivity index (χ0v) is 17.1. The van der Waals surface area contributed by atoms with Gasteiger partial charge in [0.1, 0.15) is 11.5 Å². The van der Waals surface area contributed by atoms with Gasteiger partial charge in [0.15, 0.2) is 0 Å². The number of carbonyl (C=O) groups excluding carboxylic acids is 2. The first kappa shape index (κ1) is 19.1. The van der Waals surface area contributed by atoms with Crippen molar-refractivity contribution in [2.45, 2.75) is 19.8 Å². The number of benzene rings is 3. The maximum Gasteiger partial charge on any atom is 0.344 e. The van der Waals surface area contributed by atoms with Gasteiger partial charge in [-0.3, -0.25) is 0 Å². The number of unbranched alkanes of at least 4 members (excludes halogenated alkanes) is 1. The van der Waals surface area contributed by atoms with E-state index in [1.165, 1.54) is 0 Å². The molecule has 1 N–H and O–H groups in total. The summed E-state index contributed by atoms with van der Waals surface area (Å²) in [4.78, 5) is 25.2. The van der Waals surface area contributed by atoms with Crippen molar-refractivity contribution in [3.05, 3.63) is 88.3 Å². The van der Waals surface area contributed by atoms with Gasteiger partial charge in [-0.25, -0.2) is 9.59 Å². The van der Waals surface area contributed by atoms with Crippen LogP contribution in [-0.2, 0) is 9.59 Å². The van der Waals surface area contributed by atoms with Crippen LogP contribution in [0.5, 0.6) is 11.5 Å². The monoisotopic (exact) mass is 411 g/mol. The van der Waals surface area contributed by atoms with E-state index >= 15 is 0 Å². The molecule has 0 unspecified atom stereocenters. The first-order valence-corrected chi connectivity index (χ1v) is 10.4. The van der Waals surface area contributed by atoms with Crippen LogP contribution in [0.15, 0.2) is 66.7 Å². The fourth-order valence-corrected chi connectivity index (χ4v) is 3.96. The minimum Gasteiger partial charge on any atom is -0.422 e. The molecular weight excluding hydrogens is 390 g/mol. The van der Waals surface area contributed by atoms with Gasteiger partial charge in [-0.2, -0.15) is 0 Å². The van der Waals surface area contributed by atoms with Crippen LogP contribution in [0.3, 0.4) is 0 Å². The molecule has 0 saturated heterocycles. The lowest BCUT2D eigenvalue weighted by atomic mass is 10.0. The minimum absolute atomic E-state index is 0.403. The molecule has 0 amide bonds. The summed E-state index contributed by atoms with van der Waals surface area (Å²) in [5.41, 5.74) is 3.49. The molecular formula is C26H21NO4. The third-order valence-corrected chi connectivity index (χ3v) is 5.53. The maximum atomic E-state index is 12.7. The van der Waals surface area contributed by atoms with Crippen molar-refractivity contribution in [3.8, 4) is 11.5 Å². The van der Waals surface area contributed by atoms with Crippen LogP contribution in [0.1, 0.15) is 30.9 Å². The van der Waals surface area contributed by atoms with Gasteiger partial charge < -0.3 is 14.8 Å². The topological polar surface area (TPSA) is 64.6 Å². The Morgan fingerprint density at radius 3 is 1.84 bits per heavy atom. The summed E-state index contributed by atoms with van der Waals surface area (Å²) in [6, 6.07) is 20.5. The van der Waals surface area contributed by atoms with Gasteiger partial charge in [0.25, 0.3) is 0 Å². The van der Waals surface area contributed by atoms with E-state index in [0.717, 1.165) is 36.2 Å². The largest absolute Gasteiger partial charge is 0.422 e. The molecule has 0 radical (unpaired) electrons. The second kappa shape index (κ2) is 7.76. The maximum absolute atomic E-state index is 12.7. The number of hydrogen-bond acceptors (Lipinski definition) is 5. The summed E-state index contributed by atoms with van der Waals surface area (Å²) in [5, 5.41) is 4.64. The Kier molecular flexibility index (Phi) is 4.79. The molecule has 0 aromatic heterocycles. The van der Waals surface area contributed by atoms with Crippen molar-refractivity contribution in [2.24, 2.45) is 0 Å². The number of hydrogen-bond donors (Lipinski definition) is 1. The van der Waals surface area contributed by atoms with Crippen molar-refractivity contribution in [1.29, 1.82) is 0 Å². The van der Waals surface area contributed by atoms with Crippen LogP contribution in [-0.4, -0.2) is 18.5 Å². The zero-order chi connectivity index (χ0) is 21.4. The molecule has 0 aliphatic carbocycles. The summed E-state index contributed by atoms with van der Waals surface area (Å²) in [6.45, 7) is 3.06. The highest BCUT2D eigenvalue weighted by molar-refractivity contribution is 6.21. The number of anilines is 1. The van der Waals surface area contributed by atoms with Crippen LogP contribution >= 0.6 is 0 Å². The Hall–Kier alpha value is -3.86. The van der Waals surface area contributed by atoms with Crippen LogP contribution in [0, 0.1) is 0 Å². The SMILES string of the molecule is CCCCNc1ccc(C2=c3cc4c(cc3OC2=O)=C(c2ccccc2)C(=O)O4)cc1. The molecule has 0 spiro atoms. The third kappa shape index (κ3) is 3.38. The van der Waals surface area contributed by atoms with Crippen LogP contribution in [0.4, 0.5) is 5.69 Å². The molecule has 3 aromatic carbocycles. The predicted molar refractivity (Wildman–Crippen MR) is 118 cm³/mol. The fraction of sp³-hybridized carbons (Fsp3) is 0.154. The number of fused-ring (bicyclic) bond motifs is 2. The first-order valence-electron chi connectivity index (χ1n) is 10.4. The van der Waals surface area contributed by atoms with Gasteiger partial charge in [0, 0.05) is 22.7 Å². The van der Waals surface area contributed by atoms with Gasteiger partial charge in [-0.1, -0.05) is 55.8 Å². The lowest BCUT2D eigenvalue weighted by Gasteiger charge is -2.06. The zero-order valence-electron chi connectivity index (χ0n) is 17.1. The Balaban J connectivity index is 1.59. The standard InChI is InChI=1S/C26H21NO4/c1-2-3-13-27-18-11-9-17(10-12-18)24-20-15-21-19(14-22(20)31-26(24)29)23(25(28)30-21)16-7-5-4-6-8-16/h4-12,14-15,27H,2-3,13H2,1H3. The molecule has 154 valence electrons. The fourth-order valence-electron chi connectivity index (χ4n) is 3.96. The second-order valence-electron chi connectivity index (χ2n) is 7.60. The predicted octanol–water partition coefficient (Wildman–Crippen LogP) is 3.13. The lowest BCUT2D eigenvalue weighted by molar-refractivity contribution is -0.128. The van der Waals surface area contributed by atoms with E-state index in [2.05, 4.69) is 12.2 Å².